The predicted molar refractivity (Wildman–Crippen MR) is 119 cm³/mol. The maximum atomic E-state index is 8.98. The SMILES string of the molecule is CC(C)CCCCCCCCCCCCCCCN(CCCO)CCCO. The molecule has 0 radical (unpaired) electrons. The molecule has 0 fully saturated rings. The number of aliphatic hydroxyl groups is 2. The van der Waals surface area contributed by atoms with Gasteiger partial charge in [0.1, 0.15) is 0 Å². The van der Waals surface area contributed by atoms with Gasteiger partial charge >= 0.3 is 0 Å². The second-order valence-electron chi connectivity index (χ2n) is 8.77. The van der Waals surface area contributed by atoms with Gasteiger partial charge in [-0.15, -0.1) is 0 Å². The number of aliphatic hydroxyl groups excluding tert-OH is 2. The second kappa shape index (κ2) is 22.2. The molecule has 0 aliphatic rings. The Balaban J connectivity index is 3.27. The van der Waals surface area contributed by atoms with E-state index in [4.69, 9.17) is 10.2 Å². The van der Waals surface area contributed by atoms with E-state index in [1.165, 1.54) is 89.9 Å². The fourth-order valence-electron chi connectivity index (χ4n) is 3.76. The first-order valence-corrected chi connectivity index (χ1v) is 12.1. The molecular formula is C24H51NO2. The summed E-state index contributed by atoms with van der Waals surface area (Å²) in [5, 5.41) is 18.0. The van der Waals surface area contributed by atoms with Crippen molar-refractivity contribution in [2.24, 2.45) is 5.92 Å². The van der Waals surface area contributed by atoms with Crippen LogP contribution >= 0.6 is 0 Å². The van der Waals surface area contributed by atoms with Gasteiger partial charge < -0.3 is 15.1 Å². The van der Waals surface area contributed by atoms with Crippen LogP contribution in [0.3, 0.4) is 0 Å². The molecular weight excluding hydrogens is 334 g/mol. The van der Waals surface area contributed by atoms with Crippen molar-refractivity contribution in [1.82, 2.24) is 4.90 Å². The summed E-state index contributed by atoms with van der Waals surface area (Å²) in [7, 11) is 0. The quantitative estimate of drug-likeness (QED) is 0.219. The molecule has 0 saturated heterocycles. The van der Waals surface area contributed by atoms with Crippen LogP contribution < -0.4 is 0 Å². The lowest BCUT2D eigenvalue weighted by Crippen LogP contribution is -2.28. The zero-order valence-electron chi connectivity index (χ0n) is 18.8. The summed E-state index contributed by atoms with van der Waals surface area (Å²) < 4.78 is 0. The van der Waals surface area contributed by atoms with Gasteiger partial charge in [0.25, 0.3) is 0 Å². The van der Waals surface area contributed by atoms with E-state index in [0.29, 0.717) is 0 Å². The highest BCUT2D eigenvalue weighted by Crippen LogP contribution is 2.14. The van der Waals surface area contributed by atoms with E-state index in [1.54, 1.807) is 0 Å². The van der Waals surface area contributed by atoms with Crippen LogP contribution in [0.2, 0.25) is 0 Å². The normalized spacial score (nSPS) is 11.8. The third-order valence-corrected chi connectivity index (χ3v) is 5.52. The number of unbranched alkanes of at least 4 members (excludes halogenated alkanes) is 12. The minimum atomic E-state index is 0.272. The molecule has 0 aromatic carbocycles. The Kier molecular flexibility index (Phi) is 22.1. The van der Waals surface area contributed by atoms with Crippen LogP contribution in [0.25, 0.3) is 0 Å². The Morgan fingerprint density at radius 3 is 1.19 bits per heavy atom. The zero-order chi connectivity index (χ0) is 20.0. The number of hydrogen-bond acceptors (Lipinski definition) is 3. The monoisotopic (exact) mass is 385 g/mol. The molecule has 0 unspecified atom stereocenters. The molecule has 0 aliphatic carbocycles. The molecule has 0 spiro atoms. The van der Waals surface area contributed by atoms with E-state index in [1.807, 2.05) is 0 Å². The standard InChI is InChI=1S/C24H51NO2/c1-24(2)18-14-12-10-8-6-4-3-5-7-9-11-13-15-19-25(20-16-22-26)21-17-23-27/h24,26-27H,3-23H2,1-2H3. The average molecular weight is 386 g/mol. The van der Waals surface area contributed by atoms with Gasteiger partial charge in [-0.1, -0.05) is 97.3 Å². The van der Waals surface area contributed by atoms with Crippen LogP contribution in [-0.4, -0.2) is 48.0 Å². The summed E-state index contributed by atoms with van der Waals surface area (Å²) in [5.41, 5.74) is 0. The Bertz CT molecular complexity index is 263. The van der Waals surface area contributed by atoms with Crippen molar-refractivity contribution in [3.63, 3.8) is 0 Å². The minimum absolute atomic E-state index is 0.272. The van der Waals surface area contributed by atoms with Gasteiger partial charge in [-0.05, 0) is 31.7 Å². The summed E-state index contributed by atoms with van der Waals surface area (Å²) in [6.07, 6.45) is 21.4. The van der Waals surface area contributed by atoms with Gasteiger partial charge in [0.05, 0.1) is 0 Å². The molecule has 0 atom stereocenters. The molecule has 0 saturated carbocycles. The van der Waals surface area contributed by atoms with Crippen molar-refractivity contribution < 1.29 is 10.2 Å². The summed E-state index contributed by atoms with van der Waals surface area (Å²) in [6, 6.07) is 0. The van der Waals surface area contributed by atoms with Crippen LogP contribution in [-0.2, 0) is 0 Å². The van der Waals surface area contributed by atoms with E-state index >= 15 is 0 Å². The second-order valence-corrected chi connectivity index (χ2v) is 8.77. The minimum Gasteiger partial charge on any atom is -0.396 e. The molecule has 0 aliphatic heterocycles. The lowest BCUT2D eigenvalue weighted by molar-refractivity contribution is 0.199. The molecule has 0 bridgehead atoms. The highest BCUT2D eigenvalue weighted by atomic mass is 16.3. The van der Waals surface area contributed by atoms with Gasteiger partial charge in [0.15, 0.2) is 0 Å². The molecule has 0 aromatic heterocycles. The molecule has 27 heavy (non-hydrogen) atoms. The molecule has 0 heterocycles. The maximum Gasteiger partial charge on any atom is 0.0443 e. The molecule has 2 N–H and O–H groups in total. The molecule has 3 nitrogen and oxygen atoms in total. The Morgan fingerprint density at radius 2 is 0.815 bits per heavy atom. The molecule has 3 heteroatoms. The van der Waals surface area contributed by atoms with Crippen molar-refractivity contribution in [2.45, 2.75) is 117 Å². The van der Waals surface area contributed by atoms with E-state index in [2.05, 4.69) is 18.7 Å². The first-order valence-electron chi connectivity index (χ1n) is 12.1. The molecule has 0 rings (SSSR count). The summed E-state index contributed by atoms with van der Waals surface area (Å²) in [6.45, 7) is 8.25. The van der Waals surface area contributed by atoms with Gasteiger partial charge in [-0.25, -0.2) is 0 Å². The maximum absolute atomic E-state index is 8.98. The number of hydrogen-bond donors (Lipinski definition) is 2. The van der Waals surface area contributed by atoms with E-state index in [0.717, 1.165) is 38.4 Å². The van der Waals surface area contributed by atoms with E-state index in [9.17, 15) is 0 Å². The topological polar surface area (TPSA) is 43.7 Å². The van der Waals surface area contributed by atoms with Crippen LogP contribution in [0.15, 0.2) is 0 Å². The van der Waals surface area contributed by atoms with Crippen molar-refractivity contribution in [1.29, 1.82) is 0 Å². The van der Waals surface area contributed by atoms with E-state index in [-0.39, 0.29) is 13.2 Å². The third-order valence-electron chi connectivity index (χ3n) is 5.52. The van der Waals surface area contributed by atoms with Crippen molar-refractivity contribution >= 4 is 0 Å². The average Bonchev–Trinajstić information content (AvgIpc) is 2.66. The zero-order valence-corrected chi connectivity index (χ0v) is 18.8. The lowest BCUT2D eigenvalue weighted by Gasteiger charge is -2.21. The summed E-state index contributed by atoms with van der Waals surface area (Å²) >= 11 is 0. The van der Waals surface area contributed by atoms with Crippen LogP contribution in [0, 0.1) is 5.92 Å². The Hall–Kier alpha value is -0.120. The Morgan fingerprint density at radius 1 is 0.481 bits per heavy atom. The van der Waals surface area contributed by atoms with Crippen LogP contribution in [0.4, 0.5) is 0 Å². The lowest BCUT2D eigenvalue weighted by atomic mass is 10.0. The molecule has 0 amide bonds. The fourth-order valence-corrected chi connectivity index (χ4v) is 3.76. The molecule has 0 aromatic rings. The highest BCUT2D eigenvalue weighted by molar-refractivity contribution is 4.59. The summed E-state index contributed by atoms with van der Waals surface area (Å²) in [4.78, 5) is 2.40. The van der Waals surface area contributed by atoms with E-state index < -0.39 is 0 Å². The number of nitrogens with zero attached hydrogens (tertiary/aromatic N) is 1. The van der Waals surface area contributed by atoms with Crippen molar-refractivity contribution in [3.05, 3.63) is 0 Å². The van der Waals surface area contributed by atoms with Gasteiger partial charge in [0, 0.05) is 26.3 Å². The predicted octanol–water partition coefficient (Wildman–Crippen LogP) is 6.17. The molecule has 164 valence electrons. The van der Waals surface area contributed by atoms with Crippen molar-refractivity contribution in [2.75, 3.05) is 32.8 Å². The van der Waals surface area contributed by atoms with Crippen LogP contribution in [0.5, 0.6) is 0 Å². The smallest absolute Gasteiger partial charge is 0.0443 e. The summed E-state index contributed by atoms with van der Waals surface area (Å²) in [5.74, 6) is 0.876. The third kappa shape index (κ3) is 22.0. The Labute approximate surface area is 170 Å². The first-order chi connectivity index (χ1) is 13.2. The van der Waals surface area contributed by atoms with Gasteiger partial charge in [-0.3, -0.25) is 0 Å². The van der Waals surface area contributed by atoms with Crippen molar-refractivity contribution in [3.8, 4) is 0 Å². The van der Waals surface area contributed by atoms with Gasteiger partial charge in [-0.2, -0.15) is 0 Å². The largest absolute Gasteiger partial charge is 0.396 e. The van der Waals surface area contributed by atoms with Gasteiger partial charge in [0.2, 0.25) is 0 Å². The number of rotatable bonds is 22. The first kappa shape index (κ1) is 26.9. The van der Waals surface area contributed by atoms with Crippen LogP contribution in [0.1, 0.15) is 117 Å². The highest BCUT2D eigenvalue weighted by Gasteiger charge is 2.03. The fraction of sp³-hybridized carbons (Fsp3) is 1.00.